The van der Waals surface area contributed by atoms with E-state index in [9.17, 15) is 10.1 Å². The Labute approximate surface area is 184 Å². The van der Waals surface area contributed by atoms with Gasteiger partial charge in [-0.2, -0.15) is 0 Å². The van der Waals surface area contributed by atoms with Crippen LogP contribution < -0.4 is 10.6 Å². The molecule has 2 rings (SSSR count). The minimum absolute atomic E-state index is 0. The molecule has 1 aromatic carbocycles. The van der Waals surface area contributed by atoms with Gasteiger partial charge in [-0.3, -0.25) is 15.0 Å². The van der Waals surface area contributed by atoms with Gasteiger partial charge in [0.05, 0.1) is 11.5 Å². The smallest absolute Gasteiger partial charge is 0.269 e. The second-order valence-electron chi connectivity index (χ2n) is 6.67. The van der Waals surface area contributed by atoms with Crippen molar-refractivity contribution in [2.24, 2.45) is 4.99 Å². The molecular weight excluding hydrogens is 473 g/mol. The molecule has 1 saturated heterocycles. The molecule has 1 aliphatic rings. The lowest BCUT2D eigenvalue weighted by Crippen LogP contribution is -2.45. The average molecular weight is 505 g/mol. The number of likely N-dealkylation sites (tertiary alicyclic amines) is 1. The number of methoxy groups -OCH3 is 1. The van der Waals surface area contributed by atoms with Crippen molar-refractivity contribution >= 4 is 35.6 Å². The fourth-order valence-electron chi connectivity index (χ4n) is 3.25. The van der Waals surface area contributed by atoms with Crippen LogP contribution >= 0.6 is 24.0 Å². The molecule has 158 valence electrons. The average Bonchev–Trinajstić information content (AvgIpc) is 3.14. The number of halogens is 1. The summed E-state index contributed by atoms with van der Waals surface area (Å²) < 4.78 is 5.09. The second-order valence-corrected chi connectivity index (χ2v) is 6.67. The lowest BCUT2D eigenvalue weighted by Gasteiger charge is -2.24. The molecule has 2 N–H and O–H groups in total. The van der Waals surface area contributed by atoms with Gasteiger partial charge in [-0.15, -0.1) is 24.0 Å². The van der Waals surface area contributed by atoms with Crippen LogP contribution in [0.5, 0.6) is 0 Å². The third kappa shape index (κ3) is 8.27. The van der Waals surface area contributed by atoms with Gasteiger partial charge in [-0.05, 0) is 37.9 Å². The molecule has 1 aromatic rings. The summed E-state index contributed by atoms with van der Waals surface area (Å²) in [7, 11) is 1.70. The molecular formula is C19H32IN5O3. The van der Waals surface area contributed by atoms with Crippen LogP contribution in [0.1, 0.15) is 31.7 Å². The maximum Gasteiger partial charge on any atom is 0.269 e. The summed E-state index contributed by atoms with van der Waals surface area (Å²) >= 11 is 0. The van der Waals surface area contributed by atoms with Crippen LogP contribution in [0.15, 0.2) is 29.3 Å². The number of hydrogen-bond acceptors (Lipinski definition) is 5. The van der Waals surface area contributed by atoms with Gasteiger partial charge in [0.2, 0.25) is 0 Å². The number of ether oxygens (including phenoxy) is 1. The number of guanidine groups is 1. The van der Waals surface area contributed by atoms with Gasteiger partial charge in [0, 0.05) is 45.0 Å². The summed E-state index contributed by atoms with van der Waals surface area (Å²) in [4.78, 5) is 17.5. The van der Waals surface area contributed by atoms with E-state index >= 15 is 0 Å². The quantitative estimate of drug-likeness (QED) is 0.127. The number of nitro benzene ring substituents is 1. The Balaban J connectivity index is 0.00000392. The predicted molar refractivity (Wildman–Crippen MR) is 122 cm³/mol. The summed E-state index contributed by atoms with van der Waals surface area (Å²) in [6.07, 6.45) is 3.36. The van der Waals surface area contributed by atoms with Gasteiger partial charge < -0.3 is 15.4 Å². The van der Waals surface area contributed by atoms with Gasteiger partial charge in [-0.1, -0.05) is 19.1 Å². The summed E-state index contributed by atoms with van der Waals surface area (Å²) in [6.45, 7) is 7.26. The molecule has 28 heavy (non-hydrogen) atoms. The van der Waals surface area contributed by atoms with Gasteiger partial charge >= 0.3 is 0 Å². The SMILES string of the molecule is CCN1CCCC1CNC(=NCc1ccc([N+](=O)[O-])cc1)NCCCOC.I. The molecule has 8 nitrogen and oxygen atoms in total. The third-order valence-corrected chi connectivity index (χ3v) is 4.79. The first-order valence-electron chi connectivity index (χ1n) is 9.62. The molecule has 0 spiro atoms. The molecule has 9 heteroatoms. The lowest BCUT2D eigenvalue weighted by molar-refractivity contribution is -0.384. The Hall–Kier alpha value is -1.46. The molecule has 0 aromatic heterocycles. The fourth-order valence-corrected chi connectivity index (χ4v) is 3.25. The number of nitrogens with zero attached hydrogens (tertiary/aromatic N) is 3. The van der Waals surface area contributed by atoms with Crippen LogP contribution in [0.25, 0.3) is 0 Å². The van der Waals surface area contributed by atoms with E-state index in [1.165, 1.54) is 31.5 Å². The zero-order chi connectivity index (χ0) is 19.5. The van der Waals surface area contributed by atoms with E-state index in [-0.39, 0.29) is 29.7 Å². The summed E-state index contributed by atoms with van der Waals surface area (Å²) in [5.74, 6) is 0.771. The van der Waals surface area contributed by atoms with Crippen molar-refractivity contribution in [2.45, 2.75) is 38.8 Å². The maximum absolute atomic E-state index is 10.8. The largest absolute Gasteiger partial charge is 0.385 e. The van der Waals surface area contributed by atoms with Crippen LogP contribution in [-0.2, 0) is 11.3 Å². The number of aliphatic imine (C=N–C) groups is 1. The minimum Gasteiger partial charge on any atom is -0.385 e. The Morgan fingerprint density at radius 2 is 2.11 bits per heavy atom. The molecule has 1 atom stereocenters. The van der Waals surface area contributed by atoms with Gasteiger partial charge in [-0.25, -0.2) is 4.99 Å². The molecule has 1 fully saturated rings. The van der Waals surface area contributed by atoms with E-state index in [0.29, 0.717) is 19.2 Å². The summed E-state index contributed by atoms with van der Waals surface area (Å²) in [5.41, 5.74) is 1.04. The van der Waals surface area contributed by atoms with Crippen LogP contribution in [0.3, 0.4) is 0 Å². The number of non-ortho nitro benzene ring substituents is 1. The molecule has 0 radical (unpaired) electrons. The van der Waals surface area contributed by atoms with Gasteiger partial charge in [0.15, 0.2) is 5.96 Å². The predicted octanol–water partition coefficient (Wildman–Crippen LogP) is 2.77. The normalized spacial score (nSPS) is 17.2. The van der Waals surface area contributed by atoms with Gasteiger partial charge in [0.25, 0.3) is 5.69 Å². The summed E-state index contributed by atoms with van der Waals surface area (Å²) in [6, 6.07) is 7.07. The molecule has 1 aliphatic heterocycles. The lowest BCUT2D eigenvalue weighted by atomic mass is 10.2. The third-order valence-electron chi connectivity index (χ3n) is 4.79. The monoisotopic (exact) mass is 505 g/mol. The fraction of sp³-hybridized carbons (Fsp3) is 0.632. The van der Waals surface area contributed by atoms with E-state index in [1.807, 2.05) is 0 Å². The Kier molecular flexibility index (Phi) is 12.0. The van der Waals surface area contributed by atoms with E-state index in [0.717, 1.165) is 37.6 Å². The van der Waals surface area contributed by atoms with Crippen molar-refractivity contribution in [2.75, 3.05) is 39.9 Å². The molecule has 0 saturated carbocycles. The summed E-state index contributed by atoms with van der Waals surface area (Å²) in [5, 5.41) is 17.6. The minimum atomic E-state index is -0.390. The van der Waals surface area contributed by atoms with Crippen molar-refractivity contribution in [1.29, 1.82) is 0 Å². The van der Waals surface area contributed by atoms with Crippen LogP contribution in [0.2, 0.25) is 0 Å². The Morgan fingerprint density at radius 1 is 1.36 bits per heavy atom. The zero-order valence-electron chi connectivity index (χ0n) is 16.7. The van der Waals surface area contributed by atoms with Crippen molar-refractivity contribution in [3.05, 3.63) is 39.9 Å². The van der Waals surface area contributed by atoms with E-state index in [4.69, 9.17) is 4.74 Å². The molecule has 1 heterocycles. The number of nitro groups is 1. The van der Waals surface area contributed by atoms with Crippen LogP contribution in [0, 0.1) is 10.1 Å². The highest BCUT2D eigenvalue weighted by Gasteiger charge is 2.22. The highest BCUT2D eigenvalue weighted by Crippen LogP contribution is 2.15. The molecule has 1 unspecified atom stereocenters. The van der Waals surface area contributed by atoms with Crippen molar-refractivity contribution in [1.82, 2.24) is 15.5 Å². The Bertz CT molecular complexity index is 612. The highest BCUT2D eigenvalue weighted by atomic mass is 127. The standard InChI is InChI=1S/C19H31N5O3.HI/c1-3-23-12-4-6-18(23)15-22-19(20-11-5-13-27-2)21-14-16-7-9-17(10-8-16)24(25)26;/h7-10,18H,3-6,11-15H2,1-2H3,(H2,20,21,22);1H. The van der Waals surface area contributed by atoms with Crippen molar-refractivity contribution in [3.8, 4) is 0 Å². The number of hydrogen-bond donors (Lipinski definition) is 2. The first-order valence-corrected chi connectivity index (χ1v) is 9.62. The first-order chi connectivity index (χ1) is 13.1. The Morgan fingerprint density at radius 3 is 2.75 bits per heavy atom. The van der Waals surface area contributed by atoms with E-state index < -0.39 is 4.92 Å². The zero-order valence-corrected chi connectivity index (χ0v) is 19.1. The van der Waals surface area contributed by atoms with Gasteiger partial charge in [0.1, 0.15) is 0 Å². The first kappa shape index (κ1) is 24.6. The highest BCUT2D eigenvalue weighted by molar-refractivity contribution is 14.0. The van der Waals surface area contributed by atoms with Crippen molar-refractivity contribution in [3.63, 3.8) is 0 Å². The van der Waals surface area contributed by atoms with E-state index in [1.54, 1.807) is 19.2 Å². The van der Waals surface area contributed by atoms with Crippen LogP contribution in [0.4, 0.5) is 5.69 Å². The van der Waals surface area contributed by atoms with Crippen molar-refractivity contribution < 1.29 is 9.66 Å². The van der Waals surface area contributed by atoms with E-state index in [2.05, 4.69) is 27.4 Å². The topological polar surface area (TPSA) is 92.0 Å². The van der Waals surface area contributed by atoms with Crippen LogP contribution in [-0.4, -0.2) is 61.7 Å². The second kappa shape index (κ2) is 13.7. The molecule has 0 aliphatic carbocycles. The maximum atomic E-state index is 10.8. The number of likely N-dealkylation sites (N-methyl/N-ethyl adjacent to an activating group) is 1. The number of benzene rings is 1. The molecule has 0 amide bonds. The molecule has 0 bridgehead atoms. The number of rotatable bonds is 10. The number of nitrogens with one attached hydrogen (secondary N) is 2.